The molecule has 1 saturated heterocycles. The van der Waals surface area contributed by atoms with Gasteiger partial charge in [-0.05, 0) is 66.9 Å². The Kier molecular flexibility index (Phi) is 4.48. The van der Waals surface area contributed by atoms with E-state index in [4.69, 9.17) is 0 Å². The Morgan fingerprint density at radius 3 is 2.46 bits per heavy atom. The van der Waals surface area contributed by atoms with Crippen molar-refractivity contribution in [3.8, 4) is 5.69 Å². The summed E-state index contributed by atoms with van der Waals surface area (Å²) in [5.74, 6) is 0.656. The van der Waals surface area contributed by atoms with E-state index < -0.39 is 0 Å². The van der Waals surface area contributed by atoms with Crippen LogP contribution in [0.1, 0.15) is 23.7 Å². The molecule has 4 nitrogen and oxygen atoms in total. The van der Waals surface area contributed by atoms with E-state index in [0.717, 1.165) is 30.4 Å². The highest BCUT2D eigenvalue weighted by Gasteiger charge is 2.18. The largest absolute Gasteiger partial charge is 0.371 e. The van der Waals surface area contributed by atoms with Crippen LogP contribution in [-0.4, -0.2) is 23.6 Å². The first kappa shape index (κ1) is 16.5. The van der Waals surface area contributed by atoms with E-state index in [1.165, 1.54) is 12.1 Å². The average Bonchev–Trinajstić information content (AvgIpc) is 3.34. The van der Waals surface area contributed by atoms with Crippen LogP contribution in [0.4, 0.5) is 11.4 Å². The van der Waals surface area contributed by atoms with Crippen molar-refractivity contribution in [2.24, 2.45) is 5.92 Å². The molecule has 1 aliphatic rings. The first-order chi connectivity index (χ1) is 12.7. The molecule has 4 rings (SSSR count). The van der Waals surface area contributed by atoms with Crippen LogP contribution in [0.2, 0.25) is 0 Å². The number of nitrogens with one attached hydrogen (secondary N) is 1. The summed E-state index contributed by atoms with van der Waals surface area (Å²) >= 11 is 0. The Morgan fingerprint density at radius 2 is 1.77 bits per heavy atom. The first-order valence-corrected chi connectivity index (χ1v) is 9.09. The van der Waals surface area contributed by atoms with Gasteiger partial charge in [0.15, 0.2) is 0 Å². The summed E-state index contributed by atoms with van der Waals surface area (Å²) in [6, 6.07) is 19.7. The molecular formula is C22H23N3O. The number of carbonyl (C=O) groups is 1. The molecule has 26 heavy (non-hydrogen) atoms. The van der Waals surface area contributed by atoms with Gasteiger partial charge in [0.05, 0.1) is 0 Å². The number of hydrogen-bond acceptors (Lipinski definition) is 2. The van der Waals surface area contributed by atoms with Crippen molar-refractivity contribution in [1.82, 2.24) is 4.57 Å². The molecule has 1 aliphatic heterocycles. The lowest BCUT2D eigenvalue weighted by molar-refractivity contribution is 0.102. The standard InChI is InChI=1S/C22H23N3O/c1-17-11-14-25(16-17)20-9-7-19(8-10-20)23-22(26)18-5-4-6-21(15-18)24-12-2-3-13-24/h2-10,12-13,15,17H,11,14,16H2,1H3,(H,23,26). The molecule has 1 fully saturated rings. The van der Waals surface area contributed by atoms with Crippen molar-refractivity contribution in [2.75, 3.05) is 23.3 Å². The number of amides is 1. The highest BCUT2D eigenvalue weighted by molar-refractivity contribution is 6.04. The monoisotopic (exact) mass is 345 g/mol. The predicted octanol–water partition coefficient (Wildman–Crippen LogP) is 4.58. The second kappa shape index (κ2) is 7.08. The van der Waals surface area contributed by atoms with E-state index in [1.807, 2.05) is 65.5 Å². The Labute approximate surface area is 154 Å². The van der Waals surface area contributed by atoms with E-state index in [9.17, 15) is 4.79 Å². The minimum atomic E-state index is -0.0958. The molecule has 4 heteroatoms. The number of hydrogen-bond donors (Lipinski definition) is 1. The maximum absolute atomic E-state index is 12.6. The van der Waals surface area contributed by atoms with Crippen LogP contribution in [0.3, 0.4) is 0 Å². The Balaban J connectivity index is 1.46. The van der Waals surface area contributed by atoms with Gasteiger partial charge in [0.2, 0.25) is 0 Å². The zero-order valence-corrected chi connectivity index (χ0v) is 14.9. The molecule has 0 radical (unpaired) electrons. The van der Waals surface area contributed by atoms with E-state index >= 15 is 0 Å². The van der Waals surface area contributed by atoms with Gasteiger partial charge in [0.25, 0.3) is 5.91 Å². The van der Waals surface area contributed by atoms with Gasteiger partial charge in [-0.1, -0.05) is 13.0 Å². The molecule has 1 atom stereocenters. The van der Waals surface area contributed by atoms with E-state index in [1.54, 1.807) is 0 Å². The number of rotatable bonds is 4. The van der Waals surface area contributed by atoms with Crippen LogP contribution >= 0.6 is 0 Å². The lowest BCUT2D eigenvalue weighted by atomic mass is 10.1. The first-order valence-electron chi connectivity index (χ1n) is 9.09. The smallest absolute Gasteiger partial charge is 0.255 e. The lowest BCUT2D eigenvalue weighted by Crippen LogP contribution is -2.19. The minimum Gasteiger partial charge on any atom is -0.371 e. The summed E-state index contributed by atoms with van der Waals surface area (Å²) in [7, 11) is 0. The van der Waals surface area contributed by atoms with E-state index in [2.05, 4.69) is 29.3 Å². The summed E-state index contributed by atoms with van der Waals surface area (Å²) < 4.78 is 1.99. The second-order valence-corrected chi connectivity index (χ2v) is 6.98. The third-order valence-corrected chi connectivity index (χ3v) is 4.93. The third-order valence-electron chi connectivity index (χ3n) is 4.93. The molecule has 0 bridgehead atoms. The van der Waals surface area contributed by atoms with Gasteiger partial charge in [-0.25, -0.2) is 0 Å². The number of benzene rings is 2. The maximum atomic E-state index is 12.6. The molecule has 3 aromatic rings. The summed E-state index contributed by atoms with van der Waals surface area (Å²) in [5, 5.41) is 2.99. The SMILES string of the molecule is CC1CCN(c2ccc(NC(=O)c3cccc(-n4cccc4)c3)cc2)C1. The van der Waals surface area contributed by atoms with Crippen molar-refractivity contribution in [2.45, 2.75) is 13.3 Å². The van der Waals surface area contributed by atoms with Crippen molar-refractivity contribution < 1.29 is 4.79 Å². The summed E-state index contributed by atoms with van der Waals surface area (Å²) in [4.78, 5) is 15.0. The third kappa shape index (κ3) is 3.49. The zero-order valence-electron chi connectivity index (χ0n) is 14.9. The fourth-order valence-corrected chi connectivity index (χ4v) is 3.44. The number of nitrogens with zero attached hydrogens (tertiary/aromatic N) is 2. The fraction of sp³-hybridized carbons (Fsp3) is 0.227. The maximum Gasteiger partial charge on any atom is 0.255 e. The molecule has 2 heterocycles. The molecule has 2 aromatic carbocycles. The average molecular weight is 345 g/mol. The Bertz CT molecular complexity index is 884. The molecule has 0 spiro atoms. The minimum absolute atomic E-state index is 0.0958. The predicted molar refractivity (Wildman–Crippen MR) is 106 cm³/mol. The topological polar surface area (TPSA) is 37.3 Å². The van der Waals surface area contributed by atoms with Gasteiger partial charge in [-0.15, -0.1) is 0 Å². The van der Waals surface area contributed by atoms with E-state index in [0.29, 0.717) is 5.56 Å². The van der Waals surface area contributed by atoms with Gasteiger partial charge in [-0.3, -0.25) is 4.79 Å². The highest BCUT2D eigenvalue weighted by Crippen LogP contribution is 2.25. The number of aromatic nitrogens is 1. The van der Waals surface area contributed by atoms with Crippen molar-refractivity contribution >= 4 is 17.3 Å². The van der Waals surface area contributed by atoms with Crippen molar-refractivity contribution in [3.05, 3.63) is 78.6 Å². The van der Waals surface area contributed by atoms with Gasteiger partial charge in [0, 0.05) is 48.1 Å². The van der Waals surface area contributed by atoms with E-state index in [-0.39, 0.29) is 5.91 Å². The van der Waals surface area contributed by atoms with Gasteiger partial charge in [-0.2, -0.15) is 0 Å². The normalized spacial score (nSPS) is 16.7. The fourth-order valence-electron chi connectivity index (χ4n) is 3.44. The highest BCUT2D eigenvalue weighted by atomic mass is 16.1. The van der Waals surface area contributed by atoms with Gasteiger partial charge >= 0.3 is 0 Å². The molecule has 1 amide bonds. The Hall–Kier alpha value is -3.01. The number of anilines is 2. The van der Waals surface area contributed by atoms with Crippen LogP contribution in [-0.2, 0) is 0 Å². The van der Waals surface area contributed by atoms with Crippen LogP contribution < -0.4 is 10.2 Å². The summed E-state index contributed by atoms with van der Waals surface area (Å²) in [6.45, 7) is 4.51. The quantitative estimate of drug-likeness (QED) is 0.752. The summed E-state index contributed by atoms with van der Waals surface area (Å²) in [5.41, 5.74) is 3.66. The van der Waals surface area contributed by atoms with Crippen LogP contribution in [0.25, 0.3) is 5.69 Å². The molecule has 132 valence electrons. The van der Waals surface area contributed by atoms with Crippen molar-refractivity contribution in [1.29, 1.82) is 0 Å². The number of carbonyl (C=O) groups excluding carboxylic acids is 1. The molecule has 1 unspecified atom stereocenters. The molecular weight excluding hydrogens is 322 g/mol. The van der Waals surface area contributed by atoms with Gasteiger partial charge in [0.1, 0.15) is 0 Å². The lowest BCUT2D eigenvalue weighted by Gasteiger charge is -2.18. The van der Waals surface area contributed by atoms with Crippen molar-refractivity contribution in [3.63, 3.8) is 0 Å². The second-order valence-electron chi connectivity index (χ2n) is 6.98. The Morgan fingerprint density at radius 1 is 1.00 bits per heavy atom. The van der Waals surface area contributed by atoms with Crippen LogP contribution in [0.5, 0.6) is 0 Å². The molecule has 0 saturated carbocycles. The van der Waals surface area contributed by atoms with Gasteiger partial charge < -0.3 is 14.8 Å². The van der Waals surface area contributed by atoms with Crippen LogP contribution in [0.15, 0.2) is 73.1 Å². The zero-order chi connectivity index (χ0) is 17.9. The molecule has 1 N–H and O–H groups in total. The van der Waals surface area contributed by atoms with Crippen LogP contribution in [0, 0.1) is 5.92 Å². The molecule has 0 aliphatic carbocycles. The summed E-state index contributed by atoms with van der Waals surface area (Å²) in [6.07, 6.45) is 5.18. The molecule has 1 aromatic heterocycles.